The fourth-order valence-electron chi connectivity index (χ4n) is 1.10. The van der Waals surface area contributed by atoms with E-state index in [1.807, 2.05) is 36.4 Å². The van der Waals surface area contributed by atoms with E-state index in [2.05, 4.69) is 64.2 Å². The van der Waals surface area contributed by atoms with Crippen molar-refractivity contribution in [1.82, 2.24) is 0 Å². The molecule has 20 heavy (non-hydrogen) atoms. The van der Waals surface area contributed by atoms with Crippen LogP contribution < -0.4 is 0 Å². The number of hydrogen-bond donors (Lipinski definition) is 0. The maximum atomic E-state index is 11.5. The van der Waals surface area contributed by atoms with Crippen molar-refractivity contribution >= 4 is 70.2 Å². The van der Waals surface area contributed by atoms with Crippen molar-refractivity contribution in [3.63, 3.8) is 0 Å². The van der Waals surface area contributed by atoms with E-state index in [4.69, 9.17) is 10.00 Å². The lowest BCUT2D eigenvalue weighted by molar-refractivity contribution is -0.547. The molecule has 0 atom stereocenters. The first-order chi connectivity index (χ1) is 9.33. The molecule has 1 rings (SSSR count). The van der Waals surface area contributed by atoms with E-state index in [9.17, 15) is 4.79 Å². The number of alkyl halides is 2. The number of nitriles is 1. The van der Waals surface area contributed by atoms with Gasteiger partial charge in [-0.05, 0) is 6.92 Å². The minimum absolute atomic E-state index is 0.155. The highest BCUT2D eigenvalue weighted by Gasteiger charge is 2.35. The molecule has 0 aromatic heterocycles. The smallest absolute Gasteiger partial charge is 0.419 e. The first-order valence-electron chi connectivity index (χ1n) is 5.49. The minimum Gasteiger partial charge on any atom is -0.419 e. The standard InChI is InChI=1S/C10H12Br2NO2.C2HBr2N/c1-2-15-10(14)13(11,12)8-9-6-4-3-5-7-9;3-2(4)1-5/h3-7H,2,8H2,1H3;2H/q+1;. The molecular weight excluding hydrogens is 524 g/mol. The quantitative estimate of drug-likeness (QED) is 0.384. The number of carbonyl (C=O) groups is 1. The van der Waals surface area contributed by atoms with Gasteiger partial charge < -0.3 is 4.74 Å². The van der Waals surface area contributed by atoms with Crippen molar-refractivity contribution in [3.8, 4) is 6.07 Å². The predicted molar refractivity (Wildman–Crippen MR) is 92.5 cm³/mol. The second kappa shape index (κ2) is 10.7. The third kappa shape index (κ3) is 9.08. The molecule has 0 aliphatic heterocycles. The summed E-state index contributed by atoms with van der Waals surface area (Å²) in [7, 11) is 0. The second-order valence-corrected chi connectivity index (χ2v) is 9.84. The van der Waals surface area contributed by atoms with Gasteiger partial charge in [0.05, 0.1) is 12.7 Å². The number of nitrogens with zero attached hydrogens (tertiary/aromatic N) is 2. The molecule has 0 saturated heterocycles. The minimum atomic E-state index is -0.360. The highest BCUT2D eigenvalue weighted by atomic mass is 79.9. The fraction of sp³-hybridized carbons (Fsp3) is 0.333. The van der Waals surface area contributed by atoms with Gasteiger partial charge in [-0.2, -0.15) is 10.1 Å². The highest BCUT2D eigenvalue weighted by molar-refractivity contribution is 9.24. The van der Waals surface area contributed by atoms with Crippen molar-refractivity contribution in [2.75, 3.05) is 6.61 Å². The molecule has 0 radical (unpaired) electrons. The van der Waals surface area contributed by atoms with Gasteiger partial charge >= 0.3 is 6.09 Å². The summed E-state index contributed by atoms with van der Waals surface area (Å²) in [6.07, 6.45) is -0.360. The van der Waals surface area contributed by atoms with Gasteiger partial charge in [-0.3, -0.25) is 0 Å². The molecule has 8 heteroatoms. The maximum Gasteiger partial charge on any atom is 0.537 e. The summed E-state index contributed by atoms with van der Waals surface area (Å²) in [6, 6.07) is 11.6. The number of amides is 1. The summed E-state index contributed by atoms with van der Waals surface area (Å²) < 4.78 is 4.58. The predicted octanol–water partition coefficient (Wildman–Crippen LogP) is 5.41. The Morgan fingerprint density at radius 2 is 1.85 bits per heavy atom. The Hall–Kier alpha value is 0.0600. The monoisotopic (exact) mass is 533 g/mol. The van der Waals surface area contributed by atoms with E-state index in [-0.39, 0.29) is 12.4 Å². The Balaban J connectivity index is 0.000000621. The van der Waals surface area contributed by atoms with Crippen LogP contribution in [0.15, 0.2) is 30.3 Å². The number of quaternary nitrogens is 1. The lowest BCUT2D eigenvalue weighted by Crippen LogP contribution is -2.33. The van der Waals surface area contributed by atoms with Gasteiger partial charge in [0.15, 0.2) is 3.74 Å². The van der Waals surface area contributed by atoms with Crippen LogP contribution in [-0.4, -0.2) is 19.0 Å². The number of rotatable bonds is 3. The van der Waals surface area contributed by atoms with Crippen molar-refractivity contribution in [2.24, 2.45) is 0 Å². The van der Waals surface area contributed by atoms with Crippen LogP contribution in [0, 0.1) is 11.3 Å². The van der Waals surface area contributed by atoms with Crippen molar-refractivity contribution in [1.29, 1.82) is 5.26 Å². The molecular formula is C12H13Br4N2O2+. The van der Waals surface area contributed by atoms with E-state index in [1.54, 1.807) is 6.92 Å². The van der Waals surface area contributed by atoms with Crippen molar-refractivity contribution in [2.45, 2.75) is 17.2 Å². The lowest BCUT2D eigenvalue weighted by Gasteiger charge is -2.17. The van der Waals surface area contributed by atoms with E-state index >= 15 is 0 Å². The number of benzene rings is 1. The summed E-state index contributed by atoms with van der Waals surface area (Å²) in [5.74, 6) is 0. The third-order valence-electron chi connectivity index (χ3n) is 1.86. The molecule has 1 amide bonds. The zero-order valence-electron chi connectivity index (χ0n) is 10.6. The number of ether oxygens (including phenoxy) is 1. The van der Waals surface area contributed by atoms with Crippen LogP contribution in [-0.2, 0) is 11.3 Å². The summed E-state index contributed by atoms with van der Waals surface area (Å²) in [5, 5.41) is 7.80. The van der Waals surface area contributed by atoms with E-state index in [1.165, 1.54) is 0 Å². The molecule has 0 saturated carbocycles. The van der Waals surface area contributed by atoms with E-state index < -0.39 is 0 Å². The maximum absolute atomic E-state index is 11.5. The topological polar surface area (TPSA) is 50.1 Å². The Bertz CT molecular complexity index is 447. The molecule has 0 N–H and O–H groups in total. The molecule has 0 fully saturated rings. The van der Waals surface area contributed by atoms with E-state index in [0.717, 1.165) is 5.56 Å². The SMILES string of the molecule is CCOC(=O)[N+](Br)(Br)Cc1ccccc1.N#CC(Br)Br. The van der Waals surface area contributed by atoms with E-state index in [0.29, 0.717) is 13.2 Å². The average Bonchev–Trinajstić information content (AvgIpc) is 2.40. The number of hydrogen-bond acceptors (Lipinski definition) is 3. The zero-order chi connectivity index (χ0) is 15.6. The van der Waals surface area contributed by atoms with Gasteiger partial charge in [0.25, 0.3) is 32.3 Å². The van der Waals surface area contributed by atoms with Gasteiger partial charge in [-0.15, -0.1) is 0 Å². The van der Waals surface area contributed by atoms with Crippen molar-refractivity contribution < 1.29 is 12.1 Å². The molecule has 1 aromatic carbocycles. The third-order valence-corrected chi connectivity index (χ3v) is 3.35. The molecule has 0 unspecified atom stereocenters. The van der Waals surface area contributed by atoms with Crippen LogP contribution in [0.3, 0.4) is 0 Å². The van der Waals surface area contributed by atoms with Crippen LogP contribution in [0.25, 0.3) is 0 Å². The van der Waals surface area contributed by atoms with Crippen molar-refractivity contribution in [3.05, 3.63) is 35.9 Å². The Morgan fingerprint density at radius 3 is 2.25 bits per heavy atom. The van der Waals surface area contributed by atoms with Gasteiger partial charge in [0, 0.05) is 5.56 Å². The first kappa shape index (κ1) is 20.1. The fourth-order valence-corrected chi connectivity index (χ4v) is 1.88. The summed E-state index contributed by atoms with van der Waals surface area (Å²) >= 11 is 12.4. The summed E-state index contributed by atoms with van der Waals surface area (Å²) in [4.78, 5) is 11.5. The molecule has 0 aliphatic carbocycles. The van der Waals surface area contributed by atoms with Crippen LogP contribution in [0.1, 0.15) is 12.5 Å². The molecule has 1 aromatic rings. The van der Waals surface area contributed by atoms with Gasteiger partial charge in [0.1, 0.15) is 6.54 Å². The molecule has 4 nitrogen and oxygen atoms in total. The Labute approximate surface area is 152 Å². The second-order valence-electron chi connectivity index (χ2n) is 3.40. The van der Waals surface area contributed by atoms with Gasteiger partial charge in [-0.1, -0.05) is 64.7 Å². The Morgan fingerprint density at radius 1 is 1.35 bits per heavy atom. The van der Waals surface area contributed by atoms with Gasteiger partial charge in [-0.25, -0.2) is 0 Å². The van der Waals surface area contributed by atoms with Gasteiger partial charge in [0.2, 0.25) is 0 Å². The lowest BCUT2D eigenvalue weighted by atomic mass is 10.2. The van der Waals surface area contributed by atoms with Crippen LogP contribution in [0.2, 0.25) is 0 Å². The first-order valence-corrected chi connectivity index (χ1v) is 8.74. The summed E-state index contributed by atoms with van der Waals surface area (Å²) in [6.45, 7) is 2.63. The molecule has 0 heterocycles. The number of halogens is 4. The molecule has 0 aliphatic rings. The summed E-state index contributed by atoms with van der Waals surface area (Å²) in [5.41, 5.74) is 1.04. The van der Waals surface area contributed by atoms with Crippen LogP contribution in [0.4, 0.5) is 4.79 Å². The highest BCUT2D eigenvalue weighted by Crippen LogP contribution is 2.28. The van der Waals surface area contributed by atoms with Crippen LogP contribution in [0.5, 0.6) is 0 Å². The molecule has 110 valence electrons. The molecule has 0 spiro atoms. The van der Waals surface area contributed by atoms with Crippen LogP contribution >= 0.6 is 64.2 Å². The Kier molecular flexibility index (Phi) is 10.8. The average molecular weight is 537 g/mol. The molecule has 0 bridgehead atoms. The largest absolute Gasteiger partial charge is 0.537 e. The number of carbonyl (C=O) groups excluding carboxylic acids is 1. The zero-order valence-corrected chi connectivity index (χ0v) is 16.9. The normalized spacial score (nSPS) is 10.2.